The van der Waals surface area contributed by atoms with Crippen LogP contribution in [0, 0.1) is 6.20 Å². The van der Waals surface area contributed by atoms with Crippen molar-refractivity contribution in [2.45, 2.75) is 0 Å². The first kappa shape index (κ1) is 7.73. The van der Waals surface area contributed by atoms with Gasteiger partial charge in [0, 0.05) is 5.39 Å². The Morgan fingerprint density at radius 1 is 1.38 bits per heavy atom. The molecule has 2 rings (SSSR count). The van der Waals surface area contributed by atoms with Gasteiger partial charge in [-0.3, -0.25) is 0 Å². The molecule has 1 radical (unpaired) electrons. The Morgan fingerprint density at radius 2 is 2.23 bits per heavy atom. The van der Waals surface area contributed by atoms with Crippen molar-refractivity contribution in [3.05, 3.63) is 42.1 Å². The summed E-state index contributed by atoms with van der Waals surface area (Å²) < 4.78 is 0. The number of nitrogens with zero attached hydrogens (tertiary/aromatic N) is 1. The highest BCUT2D eigenvalue weighted by Crippen LogP contribution is 2.12. The van der Waals surface area contributed by atoms with Gasteiger partial charge >= 0.3 is 5.97 Å². The van der Waals surface area contributed by atoms with Gasteiger partial charge in [-0.1, -0.05) is 12.1 Å². The molecule has 0 atom stereocenters. The van der Waals surface area contributed by atoms with Gasteiger partial charge in [-0.2, -0.15) is 0 Å². The average molecular weight is 172 g/mol. The molecule has 1 heterocycles. The van der Waals surface area contributed by atoms with Gasteiger partial charge in [0.25, 0.3) is 0 Å². The smallest absolute Gasteiger partial charge is 0.335 e. The van der Waals surface area contributed by atoms with E-state index < -0.39 is 5.97 Å². The van der Waals surface area contributed by atoms with E-state index in [0.29, 0.717) is 5.52 Å². The Hall–Kier alpha value is -1.90. The normalized spacial score (nSPS) is 10.2. The molecule has 0 aliphatic heterocycles. The lowest BCUT2D eigenvalue weighted by Crippen LogP contribution is -1.95. The van der Waals surface area contributed by atoms with Gasteiger partial charge in [-0.15, -0.1) is 0 Å². The summed E-state index contributed by atoms with van der Waals surface area (Å²) >= 11 is 0. The van der Waals surface area contributed by atoms with Crippen molar-refractivity contribution in [2.24, 2.45) is 0 Å². The summed E-state index contributed by atoms with van der Waals surface area (Å²) in [5.74, 6) is -0.937. The average Bonchev–Trinajstić information content (AvgIpc) is 2.17. The van der Waals surface area contributed by atoms with E-state index in [-0.39, 0.29) is 5.56 Å². The van der Waals surface area contributed by atoms with E-state index in [9.17, 15) is 4.79 Å². The first-order valence-corrected chi connectivity index (χ1v) is 3.77. The third kappa shape index (κ3) is 1.36. The molecule has 1 N–H and O–H groups in total. The molecule has 0 fully saturated rings. The van der Waals surface area contributed by atoms with Crippen LogP contribution in [-0.2, 0) is 0 Å². The number of fused-ring (bicyclic) bond motifs is 1. The monoisotopic (exact) mass is 172 g/mol. The maximum Gasteiger partial charge on any atom is 0.335 e. The minimum absolute atomic E-state index is 0.250. The number of rotatable bonds is 1. The Labute approximate surface area is 74.7 Å². The summed E-state index contributed by atoms with van der Waals surface area (Å²) in [4.78, 5) is 14.5. The lowest BCUT2D eigenvalue weighted by atomic mass is 10.1. The van der Waals surface area contributed by atoms with Crippen molar-refractivity contribution < 1.29 is 9.90 Å². The predicted octanol–water partition coefficient (Wildman–Crippen LogP) is 1.73. The van der Waals surface area contributed by atoms with Gasteiger partial charge in [0.05, 0.1) is 17.3 Å². The molecule has 3 nitrogen and oxygen atoms in total. The van der Waals surface area contributed by atoms with E-state index >= 15 is 0 Å². The molecule has 0 saturated carbocycles. The zero-order valence-electron chi connectivity index (χ0n) is 6.69. The van der Waals surface area contributed by atoms with E-state index in [1.807, 2.05) is 6.07 Å². The minimum atomic E-state index is -0.937. The van der Waals surface area contributed by atoms with Crippen molar-refractivity contribution in [3.8, 4) is 0 Å². The molecule has 0 bridgehead atoms. The topological polar surface area (TPSA) is 50.2 Å². The van der Waals surface area contributed by atoms with Gasteiger partial charge in [-0.25, -0.2) is 9.78 Å². The Balaban J connectivity index is 2.69. The molecule has 0 unspecified atom stereocenters. The maximum atomic E-state index is 10.6. The molecule has 3 heteroatoms. The second kappa shape index (κ2) is 2.86. The molecular formula is C10H6NO2. The van der Waals surface area contributed by atoms with E-state index in [1.165, 1.54) is 6.07 Å². The quantitative estimate of drug-likeness (QED) is 0.712. The highest BCUT2D eigenvalue weighted by molar-refractivity contribution is 5.92. The summed E-state index contributed by atoms with van der Waals surface area (Å²) in [6, 6.07) is 8.37. The van der Waals surface area contributed by atoms with Gasteiger partial charge < -0.3 is 5.11 Å². The van der Waals surface area contributed by atoms with Gasteiger partial charge in [0.15, 0.2) is 0 Å². The van der Waals surface area contributed by atoms with Gasteiger partial charge in [-0.05, 0) is 18.2 Å². The fraction of sp³-hybridized carbons (Fsp3) is 0. The molecule has 0 saturated heterocycles. The summed E-state index contributed by atoms with van der Waals surface area (Å²) in [5, 5.41) is 9.63. The lowest BCUT2D eigenvalue weighted by molar-refractivity contribution is 0.0697. The molecule has 63 valence electrons. The number of aromatic nitrogens is 1. The van der Waals surface area contributed by atoms with E-state index in [4.69, 9.17) is 5.11 Å². The molecular weight excluding hydrogens is 166 g/mol. The number of benzene rings is 1. The highest BCUT2D eigenvalue weighted by Gasteiger charge is 2.02. The second-order valence-electron chi connectivity index (χ2n) is 2.65. The van der Waals surface area contributed by atoms with Crippen molar-refractivity contribution >= 4 is 16.9 Å². The summed E-state index contributed by atoms with van der Waals surface area (Å²) in [7, 11) is 0. The van der Waals surface area contributed by atoms with Gasteiger partial charge in [0.1, 0.15) is 0 Å². The van der Waals surface area contributed by atoms with Crippen molar-refractivity contribution in [2.75, 3.05) is 0 Å². The van der Waals surface area contributed by atoms with E-state index in [0.717, 1.165) is 5.39 Å². The number of hydrogen-bond acceptors (Lipinski definition) is 2. The van der Waals surface area contributed by atoms with Crippen molar-refractivity contribution in [1.82, 2.24) is 4.98 Å². The van der Waals surface area contributed by atoms with Gasteiger partial charge in [0.2, 0.25) is 0 Å². The van der Waals surface area contributed by atoms with E-state index in [2.05, 4.69) is 11.2 Å². The fourth-order valence-electron chi connectivity index (χ4n) is 1.15. The Kier molecular flexibility index (Phi) is 1.70. The highest BCUT2D eigenvalue weighted by atomic mass is 16.4. The van der Waals surface area contributed by atoms with Crippen molar-refractivity contribution in [1.29, 1.82) is 0 Å². The summed E-state index contributed by atoms with van der Waals surface area (Å²) in [6.07, 6.45) is 2.66. The van der Waals surface area contributed by atoms with Crippen LogP contribution in [-0.4, -0.2) is 16.1 Å². The third-order valence-corrected chi connectivity index (χ3v) is 1.80. The molecule has 0 aliphatic rings. The number of carbonyl (C=O) groups is 1. The van der Waals surface area contributed by atoms with Crippen LogP contribution in [0.3, 0.4) is 0 Å². The van der Waals surface area contributed by atoms with Crippen LogP contribution in [0.5, 0.6) is 0 Å². The van der Waals surface area contributed by atoms with Crippen LogP contribution in [0.25, 0.3) is 10.9 Å². The third-order valence-electron chi connectivity index (χ3n) is 1.80. The van der Waals surface area contributed by atoms with Crippen molar-refractivity contribution in [3.63, 3.8) is 0 Å². The molecule has 0 spiro atoms. The molecule has 13 heavy (non-hydrogen) atoms. The molecule has 0 aliphatic carbocycles. The number of hydrogen-bond donors (Lipinski definition) is 1. The first-order chi connectivity index (χ1) is 6.27. The SMILES string of the molecule is O=C(O)c1ccc2cc[c]nc2c1. The van der Waals surface area contributed by atoms with Crippen LogP contribution < -0.4 is 0 Å². The zero-order chi connectivity index (χ0) is 9.26. The largest absolute Gasteiger partial charge is 0.478 e. The van der Waals surface area contributed by atoms with Crippen LogP contribution in [0.2, 0.25) is 0 Å². The molecule has 2 aromatic rings. The first-order valence-electron chi connectivity index (χ1n) is 3.77. The minimum Gasteiger partial charge on any atom is -0.478 e. The number of aromatic carboxylic acids is 1. The van der Waals surface area contributed by atoms with Crippen LogP contribution in [0.4, 0.5) is 0 Å². The molecule has 0 amide bonds. The number of pyridine rings is 1. The standard InChI is InChI=1S/C10H6NO2/c12-10(13)8-4-3-7-2-1-5-11-9(7)6-8/h1-4,6H,(H,12,13). The summed E-state index contributed by atoms with van der Waals surface area (Å²) in [5.41, 5.74) is 0.905. The van der Waals surface area contributed by atoms with Crippen LogP contribution >= 0.6 is 0 Å². The fourth-order valence-corrected chi connectivity index (χ4v) is 1.15. The zero-order valence-corrected chi connectivity index (χ0v) is 6.69. The number of carboxylic acid groups (broad SMARTS) is 1. The lowest BCUT2D eigenvalue weighted by Gasteiger charge is -1.97. The predicted molar refractivity (Wildman–Crippen MR) is 47.5 cm³/mol. The van der Waals surface area contributed by atoms with E-state index in [1.54, 1.807) is 18.2 Å². The Bertz CT molecular complexity index is 465. The second-order valence-corrected chi connectivity index (χ2v) is 2.65. The van der Waals surface area contributed by atoms with Crippen LogP contribution in [0.1, 0.15) is 10.4 Å². The maximum absolute atomic E-state index is 10.6. The Morgan fingerprint density at radius 3 is 3.00 bits per heavy atom. The number of carboxylic acids is 1. The molecule has 1 aromatic carbocycles. The summed E-state index contributed by atoms with van der Waals surface area (Å²) in [6.45, 7) is 0. The molecule has 1 aromatic heterocycles. The van der Waals surface area contributed by atoms with Crippen LogP contribution in [0.15, 0.2) is 30.3 Å².